The van der Waals surface area contributed by atoms with E-state index in [9.17, 15) is 0 Å². The highest BCUT2D eigenvalue weighted by Crippen LogP contribution is 2.23. The molecule has 2 aromatic heterocycles. The molecule has 0 spiro atoms. The van der Waals surface area contributed by atoms with Crippen LogP contribution in [0.1, 0.15) is 20.9 Å². The van der Waals surface area contributed by atoms with Crippen molar-refractivity contribution in [2.75, 3.05) is 5.32 Å². The standard InChI is InChI=1S/C17H19N3S/c1-13-10-16(14(2)21-13)11-18-17-7-4-3-6-15(17)12-20-9-5-8-19-20/h3-10,18H,11-12H2,1-2H3. The average molecular weight is 297 g/mol. The van der Waals surface area contributed by atoms with Crippen LogP contribution in [0.3, 0.4) is 0 Å². The molecular formula is C17H19N3S. The summed E-state index contributed by atoms with van der Waals surface area (Å²) in [5.41, 5.74) is 3.81. The molecule has 0 aliphatic heterocycles. The van der Waals surface area contributed by atoms with E-state index in [2.05, 4.69) is 54.6 Å². The fourth-order valence-electron chi connectivity index (χ4n) is 2.45. The van der Waals surface area contributed by atoms with Crippen LogP contribution in [0.4, 0.5) is 5.69 Å². The molecule has 1 N–H and O–H groups in total. The highest BCUT2D eigenvalue weighted by Gasteiger charge is 2.05. The van der Waals surface area contributed by atoms with Crippen LogP contribution in [0.2, 0.25) is 0 Å². The van der Waals surface area contributed by atoms with Gasteiger partial charge in [0, 0.05) is 34.4 Å². The topological polar surface area (TPSA) is 29.9 Å². The highest BCUT2D eigenvalue weighted by molar-refractivity contribution is 7.12. The fraction of sp³-hybridized carbons (Fsp3) is 0.235. The monoisotopic (exact) mass is 297 g/mol. The van der Waals surface area contributed by atoms with Crippen LogP contribution >= 0.6 is 11.3 Å². The minimum Gasteiger partial charge on any atom is -0.381 e. The first kappa shape index (κ1) is 13.9. The Labute approximate surface area is 129 Å². The third-order valence-corrected chi connectivity index (χ3v) is 4.53. The molecule has 21 heavy (non-hydrogen) atoms. The van der Waals surface area contributed by atoms with Crippen LogP contribution in [-0.2, 0) is 13.1 Å². The summed E-state index contributed by atoms with van der Waals surface area (Å²) in [6.45, 7) is 6.00. The van der Waals surface area contributed by atoms with Gasteiger partial charge in [-0.25, -0.2) is 0 Å². The lowest BCUT2D eigenvalue weighted by Gasteiger charge is -2.12. The van der Waals surface area contributed by atoms with E-state index in [-0.39, 0.29) is 0 Å². The Hall–Kier alpha value is -2.07. The third-order valence-electron chi connectivity index (χ3n) is 3.52. The van der Waals surface area contributed by atoms with Gasteiger partial charge in [-0.3, -0.25) is 4.68 Å². The number of para-hydroxylation sites is 1. The van der Waals surface area contributed by atoms with Crippen LogP contribution in [0.15, 0.2) is 48.8 Å². The van der Waals surface area contributed by atoms with Gasteiger partial charge in [-0.1, -0.05) is 18.2 Å². The maximum Gasteiger partial charge on any atom is 0.0679 e. The average Bonchev–Trinajstić information content (AvgIpc) is 3.08. The third kappa shape index (κ3) is 3.34. The zero-order chi connectivity index (χ0) is 14.7. The van der Waals surface area contributed by atoms with E-state index >= 15 is 0 Å². The van der Waals surface area contributed by atoms with Gasteiger partial charge in [0.25, 0.3) is 0 Å². The van der Waals surface area contributed by atoms with Crippen LogP contribution in [0, 0.1) is 13.8 Å². The van der Waals surface area contributed by atoms with E-state index in [0.717, 1.165) is 13.1 Å². The second-order valence-electron chi connectivity index (χ2n) is 5.15. The molecule has 4 heteroatoms. The molecule has 0 aliphatic carbocycles. The summed E-state index contributed by atoms with van der Waals surface area (Å²) in [6, 6.07) is 12.6. The molecule has 0 atom stereocenters. The number of nitrogens with zero attached hydrogens (tertiary/aromatic N) is 2. The van der Waals surface area contributed by atoms with Crippen LogP contribution in [0.25, 0.3) is 0 Å². The first-order valence-electron chi connectivity index (χ1n) is 7.07. The molecule has 3 aromatic rings. The summed E-state index contributed by atoms with van der Waals surface area (Å²) in [6.07, 6.45) is 3.80. The smallest absolute Gasteiger partial charge is 0.0679 e. The molecule has 108 valence electrons. The summed E-state index contributed by atoms with van der Waals surface area (Å²) in [5.74, 6) is 0. The van der Waals surface area contributed by atoms with E-state index < -0.39 is 0 Å². The van der Waals surface area contributed by atoms with Gasteiger partial charge in [0.2, 0.25) is 0 Å². The maximum absolute atomic E-state index is 4.28. The molecule has 3 rings (SSSR count). The normalized spacial score (nSPS) is 10.8. The second-order valence-corrected chi connectivity index (χ2v) is 6.61. The number of hydrogen-bond acceptors (Lipinski definition) is 3. The van der Waals surface area contributed by atoms with Crippen molar-refractivity contribution in [2.45, 2.75) is 26.9 Å². The molecule has 1 aromatic carbocycles. The van der Waals surface area contributed by atoms with E-state index in [4.69, 9.17) is 0 Å². The van der Waals surface area contributed by atoms with Gasteiger partial charge < -0.3 is 5.32 Å². The van der Waals surface area contributed by atoms with Crippen molar-refractivity contribution in [2.24, 2.45) is 0 Å². The van der Waals surface area contributed by atoms with E-state index in [0.29, 0.717) is 0 Å². The maximum atomic E-state index is 4.28. The Morgan fingerprint density at radius 1 is 1.14 bits per heavy atom. The summed E-state index contributed by atoms with van der Waals surface area (Å²) < 4.78 is 1.94. The van der Waals surface area contributed by atoms with Crippen molar-refractivity contribution in [3.63, 3.8) is 0 Å². The van der Waals surface area contributed by atoms with Gasteiger partial charge in [-0.15, -0.1) is 11.3 Å². The predicted octanol–water partition coefficient (Wildman–Crippen LogP) is 4.22. The number of aryl methyl sites for hydroxylation is 2. The molecule has 0 unspecified atom stereocenters. The fourth-order valence-corrected chi connectivity index (χ4v) is 3.39. The molecule has 0 fully saturated rings. The number of aromatic nitrogens is 2. The minimum absolute atomic E-state index is 0.790. The van der Waals surface area contributed by atoms with Crippen molar-refractivity contribution in [1.29, 1.82) is 0 Å². The van der Waals surface area contributed by atoms with Crippen LogP contribution < -0.4 is 5.32 Å². The Morgan fingerprint density at radius 3 is 2.71 bits per heavy atom. The Bertz CT molecular complexity index is 713. The lowest BCUT2D eigenvalue weighted by atomic mass is 10.1. The Morgan fingerprint density at radius 2 is 2.00 bits per heavy atom. The first-order chi connectivity index (χ1) is 10.2. The minimum atomic E-state index is 0.790. The van der Waals surface area contributed by atoms with Gasteiger partial charge in [0.15, 0.2) is 0 Å². The SMILES string of the molecule is Cc1cc(CNc2ccccc2Cn2cccn2)c(C)s1. The Kier molecular flexibility index (Phi) is 4.06. The number of hydrogen-bond donors (Lipinski definition) is 1. The van der Waals surface area contributed by atoms with E-state index in [1.165, 1.54) is 26.6 Å². The number of anilines is 1. The number of thiophene rings is 1. The zero-order valence-corrected chi connectivity index (χ0v) is 13.2. The summed E-state index contributed by atoms with van der Waals surface area (Å²) in [7, 11) is 0. The molecule has 0 saturated carbocycles. The van der Waals surface area contributed by atoms with E-state index in [1.54, 1.807) is 0 Å². The quantitative estimate of drug-likeness (QED) is 0.764. The summed E-state index contributed by atoms with van der Waals surface area (Å²) in [5, 5.41) is 7.84. The van der Waals surface area contributed by atoms with Crippen molar-refractivity contribution < 1.29 is 0 Å². The first-order valence-corrected chi connectivity index (χ1v) is 7.89. The predicted molar refractivity (Wildman–Crippen MR) is 88.9 cm³/mol. The molecule has 0 saturated heterocycles. The van der Waals surface area contributed by atoms with Crippen molar-refractivity contribution >= 4 is 17.0 Å². The molecule has 2 heterocycles. The van der Waals surface area contributed by atoms with Gasteiger partial charge in [0.1, 0.15) is 0 Å². The second kappa shape index (κ2) is 6.14. The Balaban J connectivity index is 1.74. The number of benzene rings is 1. The van der Waals surface area contributed by atoms with Crippen molar-refractivity contribution in [1.82, 2.24) is 9.78 Å². The van der Waals surface area contributed by atoms with Gasteiger partial charge in [0.05, 0.1) is 6.54 Å². The molecule has 0 aliphatic rings. The lowest BCUT2D eigenvalue weighted by Crippen LogP contribution is -2.06. The molecule has 0 radical (unpaired) electrons. The summed E-state index contributed by atoms with van der Waals surface area (Å²) in [4.78, 5) is 2.76. The van der Waals surface area contributed by atoms with E-state index in [1.807, 2.05) is 34.5 Å². The largest absolute Gasteiger partial charge is 0.381 e. The molecule has 0 amide bonds. The van der Waals surface area contributed by atoms with Gasteiger partial charge in [-0.05, 0) is 43.2 Å². The summed E-state index contributed by atoms with van der Waals surface area (Å²) >= 11 is 1.86. The van der Waals surface area contributed by atoms with Gasteiger partial charge >= 0.3 is 0 Å². The number of rotatable bonds is 5. The molecule has 3 nitrogen and oxygen atoms in total. The lowest BCUT2D eigenvalue weighted by molar-refractivity contribution is 0.687. The highest BCUT2D eigenvalue weighted by atomic mass is 32.1. The number of nitrogens with one attached hydrogen (secondary N) is 1. The molecule has 0 bridgehead atoms. The van der Waals surface area contributed by atoms with Gasteiger partial charge in [-0.2, -0.15) is 5.10 Å². The van der Waals surface area contributed by atoms with Crippen LogP contribution in [0.5, 0.6) is 0 Å². The van der Waals surface area contributed by atoms with Crippen molar-refractivity contribution in [3.05, 3.63) is 69.7 Å². The molecular weight excluding hydrogens is 278 g/mol. The van der Waals surface area contributed by atoms with Crippen molar-refractivity contribution in [3.8, 4) is 0 Å². The van der Waals surface area contributed by atoms with Crippen LogP contribution in [-0.4, -0.2) is 9.78 Å². The zero-order valence-electron chi connectivity index (χ0n) is 12.3.